The van der Waals surface area contributed by atoms with Gasteiger partial charge in [0.15, 0.2) is 5.82 Å². The Morgan fingerprint density at radius 2 is 2.45 bits per heavy atom. The van der Waals surface area contributed by atoms with E-state index >= 15 is 0 Å². The van der Waals surface area contributed by atoms with Crippen molar-refractivity contribution in [2.24, 2.45) is 0 Å². The molecule has 1 atom stereocenters. The van der Waals surface area contributed by atoms with E-state index in [1.807, 2.05) is 0 Å². The second-order valence-electron chi connectivity index (χ2n) is 4.40. The van der Waals surface area contributed by atoms with Crippen LogP contribution in [0.15, 0.2) is 6.20 Å². The SMILES string of the molecule is CCOC(=O)Nc1cn(CC(=O)NC2CCNC2)nn1. The van der Waals surface area contributed by atoms with Gasteiger partial charge in [-0.05, 0) is 19.9 Å². The van der Waals surface area contributed by atoms with Crippen molar-refractivity contribution in [2.45, 2.75) is 25.9 Å². The molecule has 9 nitrogen and oxygen atoms in total. The summed E-state index contributed by atoms with van der Waals surface area (Å²) in [5.74, 6) is 0.116. The molecule has 110 valence electrons. The minimum absolute atomic E-state index is 0.0635. The molecule has 20 heavy (non-hydrogen) atoms. The summed E-state index contributed by atoms with van der Waals surface area (Å²) in [7, 11) is 0. The standard InChI is InChI=1S/C11H18N6O3/c1-2-20-11(19)14-9-6-17(16-15-9)7-10(18)13-8-3-4-12-5-8/h6,8,12H,2-5,7H2,1H3,(H,13,18)(H,14,19). The van der Waals surface area contributed by atoms with Gasteiger partial charge in [-0.3, -0.25) is 10.1 Å². The lowest BCUT2D eigenvalue weighted by Gasteiger charge is -2.10. The number of hydrogen-bond acceptors (Lipinski definition) is 6. The molecule has 0 bridgehead atoms. The predicted molar refractivity (Wildman–Crippen MR) is 70.1 cm³/mol. The van der Waals surface area contributed by atoms with E-state index in [9.17, 15) is 9.59 Å². The molecule has 1 aromatic rings. The minimum atomic E-state index is -0.596. The van der Waals surface area contributed by atoms with Gasteiger partial charge >= 0.3 is 6.09 Å². The van der Waals surface area contributed by atoms with Gasteiger partial charge in [-0.25, -0.2) is 9.48 Å². The number of rotatable bonds is 5. The molecule has 2 heterocycles. The molecule has 9 heteroatoms. The number of aromatic nitrogens is 3. The maximum atomic E-state index is 11.8. The molecular formula is C11H18N6O3. The van der Waals surface area contributed by atoms with Gasteiger partial charge in [0.1, 0.15) is 6.54 Å². The molecular weight excluding hydrogens is 264 g/mol. The van der Waals surface area contributed by atoms with E-state index in [-0.39, 0.29) is 30.9 Å². The third-order valence-electron chi connectivity index (χ3n) is 2.78. The summed E-state index contributed by atoms with van der Waals surface area (Å²) < 4.78 is 6.07. The van der Waals surface area contributed by atoms with Gasteiger partial charge in [0.05, 0.1) is 12.8 Å². The lowest BCUT2D eigenvalue weighted by Crippen LogP contribution is -2.38. The molecule has 1 aliphatic rings. The Kier molecular flexibility index (Phi) is 4.88. The Labute approximate surface area is 116 Å². The van der Waals surface area contributed by atoms with E-state index < -0.39 is 6.09 Å². The first-order valence-corrected chi connectivity index (χ1v) is 6.51. The van der Waals surface area contributed by atoms with Gasteiger partial charge < -0.3 is 15.4 Å². The number of nitrogens with one attached hydrogen (secondary N) is 3. The Balaban J connectivity index is 1.79. The molecule has 0 radical (unpaired) electrons. The zero-order valence-corrected chi connectivity index (χ0v) is 11.3. The fourth-order valence-corrected chi connectivity index (χ4v) is 1.90. The Bertz CT molecular complexity index is 468. The molecule has 0 spiro atoms. The van der Waals surface area contributed by atoms with Gasteiger partial charge in [-0.2, -0.15) is 0 Å². The summed E-state index contributed by atoms with van der Waals surface area (Å²) >= 11 is 0. The van der Waals surface area contributed by atoms with Gasteiger partial charge in [-0.15, -0.1) is 5.10 Å². The highest BCUT2D eigenvalue weighted by atomic mass is 16.5. The molecule has 3 N–H and O–H groups in total. The first kappa shape index (κ1) is 14.3. The third kappa shape index (κ3) is 4.19. The monoisotopic (exact) mass is 282 g/mol. The number of carbonyl (C=O) groups is 2. The fourth-order valence-electron chi connectivity index (χ4n) is 1.90. The largest absolute Gasteiger partial charge is 0.450 e. The summed E-state index contributed by atoms with van der Waals surface area (Å²) in [6, 6.07) is 0.170. The third-order valence-corrected chi connectivity index (χ3v) is 2.78. The van der Waals surface area contributed by atoms with Crippen LogP contribution in [0.25, 0.3) is 0 Å². The van der Waals surface area contributed by atoms with Crippen molar-refractivity contribution in [3.63, 3.8) is 0 Å². The zero-order valence-electron chi connectivity index (χ0n) is 11.3. The van der Waals surface area contributed by atoms with Crippen molar-refractivity contribution >= 4 is 17.8 Å². The van der Waals surface area contributed by atoms with E-state index in [0.29, 0.717) is 0 Å². The molecule has 0 aliphatic carbocycles. The lowest BCUT2D eigenvalue weighted by atomic mass is 10.2. The average molecular weight is 282 g/mol. The fraction of sp³-hybridized carbons (Fsp3) is 0.636. The lowest BCUT2D eigenvalue weighted by molar-refractivity contribution is -0.122. The van der Waals surface area contributed by atoms with Crippen molar-refractivity contribution in [1.29, 1.82) is 0 Å². The number of nitrogens with zero attached hydrogens (tertiary/aromatic N) is 3. The molecule has 1 unspecified atom stereocenters. The second-order valence-corrected chi connectivity index (χ2v) is 4.40. The van der Waals surface area contributed by atoms with Crippen LogP contribution < -0.4 is 16.0 Å². The maximum absolute atomic E-state index is 11.8. The Morgan fingerprint density at radius 1 is 1.60 bits per heavy atom. The summed E-state index contributed by atoms with van der Waals surface area (Å²) in [5, 5.41) is 16.0. The van der Waals surface area contributed by atoms with Gasteiger partial charge in [0.2, 0.25) is 5.91 Å². The van der Waals surface area contributed by atoms with Crippen LogP contribution >= 0.6 is 0 Å². The van der Waals surface area contributed by atoms with Gasteiger partial charge in [-0.1, -0.05) is 5.21 Å². The first-order valence-electron chi connectivity index (χ1n) is 6.51. The number of ether oxygens (including phenoxy) is 1. The van der Waals surface area contributed by atoms with Crippen LogP contribution in [0, 0.1) is 0 Å². The second kappa shape index (κ2) is 6.85. The highest BCUT2D eigenvalue weighted by molar-refractivity contribution is 5.83. The zero-order chi connectivity index (χ0) is 14.4. The van der Waals surface area contributed by atoms with Crippen molar-refractivity contribution < 1.29 is 14.3 Å². The average Bonchev–Trinajstić information content (AvgIpc) is 3.02. The molecule has 2 rings (SSSR count). The summed E-state index contributed by atoms with van der Waals surface area (Å²) in [5.41, 5.74) is 0. The van der Waals surface area contributed by atoms with Crippen LogP contribution in [0.1, 0.15) is 13.3 Å². The highest BCUT2D eigenvalue weighted by Crippen LogP contribution is 2.01. The molecule has 0 saturated carbocycles. The molecule has 1 aromatic heterocycles. The van der Waals surface area contributed by atoms with Gasteiger partial charge in [0, 0.05) is 12.6 Å². The molecule has 1 aliphatic heterocycles. The highest BCUT2D eigenvalue weighted by Gasteiger charge is 2.17. The Hall–Kier alpha value is -2.16. The predicted octanol–water partition coefficient (Wildman–Crippen LogP) is -0.675. The van der Waals surface area contributed by atoms with Crippen LogP contribution in [0.5, 0.6) is 0 Å². The van der Waals surface area contributed by atoms with Crippen LogP contribution in [-0.2, 0) is 16.1 Å². The van der Waals surface area contributed by atoms with Crippen molar-refractivity contribution in [2.75, 3.05) is 25.0 Å². The smallest absolute Gasteiger partial charge is 0.412 e. The quantitative estimate of drug-likeness (QED) is 0.660. The first-order chi connectivity index (χ1) is 9.67. The summed E-state index contributed by atoms with van der Waals surface area (Å²) in [4.78, 5) is 22.9. The number of carbonyl (C=O) groups excluding carboxylic acids is 2. The number of amides is 2. The van der Waals surface area contributed by atoms with Crippen molar-refractivity contribution in [3.8, 4) is 0 Å². The van der Waals surface area contributed by atoms with E-state index in [1.54, 1.807) is 6.92 Å². The van der Waals surface area contributed by atoms with Crippen LogP contribution in [0.2, 0.25) is 0 Å². The minimum Gasteiger partial charge on any atom is -0.450 e. The van der Waals surface area contributed by atoms with Crippen LogP contribution in [0.3, 0.4) is 0 Å². The maximum Gasteiger partial charge on any atom is 0.412 e. The molecule has 2 amide bonds. The van der Waals surface area contributed by atoms with E-state index in [1.165, 1.54) is 10.9 Å². The number of anilines is 1. The molecule has 1 fully saturated rings. The van der Waals surface area contributed by atoms with E-state index in [4.69, 9.17) is 4.74 Å². The normalized spacial score (nSPS) is 17.8. The van der Waals surface area contributed by atoms with Gasteiger partial charge in [0.25, 0.3) is 0 Å². The van der Waals surface area contributed by atoms with E-state index in [0.717, 1.165) is 19.5 Å². The topological polar surface area (TPSA) is 110 Å². The molecule has 1 saturated heterocycles. The van der Waals surface area contributed by atoms with Crippen LogP contribution in [-0.4, -0.2) is 52.7 Å². The van der Waals surface area contributed by atoms with Crippen molar-refractivity contribution in [3.05, 3.63) is 6.20 Å². The Morgan fingerprint density at radius 3 is 3.15 bits per heavy atom. The summed E-state index contributed by atoms with van der Waals surface area (Å²) in [6.07, 6.45) is 1.81. The summed E-state index contributed by atoms with van der Waals surface area (Å²) in [6.45, 7) is 3.76. The molecule has 0 aromatic carbocycles. The van der Waals surface area contributed by atoms with Crippen molar-refractivity contribution in [1.82, 2.24) is 25.6 Å². The van der Waals surface area contributed by atoms with E-state index in [2.05, 4.69) is 26.3 Å². The number of hydrogen-bond donors (Lipinski definition) is 3. The van der Waals surface area contributed by atoms with Crippen LogP contribution in [0.4, 0.5) is 10.6 Å².